The maximum Gasteiger partial charge on any atom is 0.309 e. The van der Waals surface area contributed by atoms with Crippen LogP contribution in [0.15, 0.2) is 12.4 Å². The van der Waals surface area contributed by atoms with Gasteiger partial charge < -0.3 is 4.74 Å². The number of esters is 1. The Hall–Kier alpha value is -1.78. The van der Waals surface area contributed by atoms with Crippen LogP contribution in [0.1, 0.15) is 24.3 Å². The van der Waals surface area contributed by atoms with Crippen LogP contribution in [-0.4, -0.2) is 21.7 Å². The average Bonchev–Trinajstić information content (AvgIpc) is 2.04. The van der Waals surface area contributed by atoms with E-state index in [1.165, 1.54) is 26.2 Å². The lowest BCUT2D eigenvalue weighted by Gasteiger charge is -1.98. The molecule has 0 aliphatic carbocycles. The van der Waals surface area contributed by atoms with E-state index in [1.54, 1.807) is 0 Å². The van der Waals surface area contributed by atoms with Crippen LogP contribution in [0.25, 0.3) is 0 Å². The van der Waals surface area contributed by atoms with Crippen LogP contribution < -0.4 is 4.74 Å². The summed E-state index contributed by atoms with van der Waals surface area (Å²) in [5.74, 6) is -0.552. The molecule has 68 valence electrons. The monoisotopic (exact) mass is 180 g/mol. The van der Waals surface area contributed by atoms with Crippen LogP contribution in [0.3, 0.4) is 0 Å². The van der Waals surface area contributed by atoms with Crippen molar-refractivity contribution in [3.63, 3.8) is 0 Å². The molecule has 0 unspecified atom stereocenters. The lowest BCUT2D eigenvalue weighted by Crippen LogP contribution is -2.05. The molecule has 0 fully saturated rings. The first-order valence-electron chi connectivity index (χ1n) is 3.61. The molecular formula is C8H8N2O3. The lowest BCUT2D eigenvalue weighted by molar-refractivity contribution is -0.132. The predicted octanol–water partition coefficient (Wildman–Crippen LogP) is 0.604. The molecule has 0 spiro atoms. The van der Waals surface area contributed by atoms with Gasteiger partial charge in [-0.2, -0.15) is 0 Å². The summed E-state index contributed by atoms with van der Waals surface area (Å²) in [5, 5.41) is 0. The number of Topliss-reactive ketones (excluding diaryl/α,β-unsaturated/α-hetero) is 1. The zero-order valence-electron chi connectivity index (χ0n) is 7.27. The van der Waals surface area contributed by atoms with Gasteiger partial charge >= 0.3 is 5.97 Å². The molecule has 0 atom stereocenters. The van der Waals surface area contributed by atoms with Crippen LogP contribution in [-0.2, 0) is 4.79 Å². The van der Waals surface area contributed by atoms with Crippen molar-refractivity contribution in [1.82, 2.24) is 9.97 Å². The topological polar surface area (TPSA) is 69.2 Å². The number of carbonyl (C=O) groups is 2. The number of rotatable bonds is 2. The molecule has 5 heteroatoms. The molecule has 0 aromatic carbocycles. The van der Waals surface area contributed by atoms with Crippen LogP contribution in [0, 0.1) is 0 Å². The first kappa shape index (κ1) is 9.31. The number of carbonyl (C=O) groups excluding carboxylic acids is 2. The fourth-order valence-corrected chi connectivity index (χ4v) is 0.698. The first-order valence-corrected chi connectivity index (χ1v) is 3.61. The van der Waals surface area contributed by atoms with Crippen LogP contribution in [0.4, 0.5) is 0 Å². The highest BCUT2D eigenvalue weighted by Gasteiger charge is 2.03. The summed E-state index contributed by atoms with van der Waals surface area (Å²) in [6.45, 7) is 2.65. The average molecular weight is 180 g/mol. The summed E-state index contributed by atoms with van der Waals surface area (Å²) in [6, 6.07) is 0. The van der Waals surface area contributed by atoms with E-state index in [0.717, 1.165) is 0 Å². The molecule has 0 saturated carbocycles. The highest BCUT2D eigenvalue weighted by Crippen LogP contribution is 2.04. The molecule has 0 amide bonds. The van der Waals surface area contributed by atoms with Crippen molar-refractivity contribution in [1.29, 1.82) is 0 Å². The molecule has 1 rings (SSSR count). The fourth-order valence-electron chi connectivity index (χ4n) is 0.698. The van der Waals surface area contributed by atoms with E-state index in [9.17, 15) is 9.59 Å². The quantitative estimate of drug-likeness (QED) is 0.492. The largest absolute Gasteiger partial charge is 0.406 e. The molecule has 0 bridgehead atoms. The zero-order chi connectivity index (χ0) is 9.84. The van der Waals surface area contributed by atoms with E-state index < -0.39 is 5.97 Å². The Kier molecular flexibility index (Phi) is 2.69. The minimum atomic E-state index is -0.468. The van der Waals surface area contributed by atoms with E-state index in [2.05, 4.69) is 14.7 Å². The smallest absolute Gasteiger partial charge is 0.309 e. The first-order chi connectivity index (χ1) is 6.09. The molecule has 13 heavy (non-hydrogen) atoms. The SMILES string of the molecule is CC(=O)Oc1cnc(C(C)=O)cn1. The van der Waals surface area contributed by atoms with Crippen LogP contribution in [0.5, 0.6) is 5.88 Å². The molecule has 0 saturated heterocycles. The molecule has 0 radical (unpaired) electrons. The molecular weight excluding hydrogens is 172 g/mol. The molecule has 0 aliphatic rings. The third-order valence-corrected chi connectivity index (χ3v) is 1.24. The van der Waals surface area contributed by atoms with Gasteiger partial charge in [-0.15, -0.1) is 0 Å². The summed E-state index contributed by atoms with van der Waals surface area (Å²) in [6.07, 6.45) is 2.50. The Bertz CT molecular complexity index is 332. The number of hydrogen-bond donors (Lipinski definition) is 0. The predicted molar refractivity (Wildman–Crippen MR) is 43.3 cm³/mol. The van der Waals surface area contributed by atoms with E-state index in [0.29, 0.717) is 0 Å². The van der Waals surface area contributed by atoms with Crippen molar-refractivity contribution in [2.75, 3.05) is 0 Å². The van der Waals surface area contributed by atoms with Gasteiger partial charge in [0.2, 0.25) is 5.88 Å². The molecule has 0 N–H and O–H groups in total. The minimum absolute atomic E-state index is 0.0949. The third-order valence-electron chi connectivity index (χ3n) is 1.24. The van der Waals surface area contributed by atoms with Crippen molar-refractivity contribution in [3.8, 4) is 5.88 Å². The molecule has 1 aromatic rings. The summed E-state index contributed by atoms with van der Waals surface area (Å²) in [4.78, 5) is 28.7. The summed E-state index contributed by atoms with van der Waals surface area (Å²) in [7, 11) is 0. The second-order valence-electron chi connectivity index (χ2n) is 2.39. The molecule has 1 heterocycles. The van der Waals surface area contributed by atoms with Gasteiger partial charge in [-0.3, -0.25) is 9.59 Å². The van der Waals surface area contributed by atoms with Gasteiger partial charge in [-0.1, -0.05) is 0 Å². The summed E-state index contributed by atoms with van der Waals surface area (Å²) >= 11 is 0. The van der Waals surface area contributed by atoms with Gasteiger partial charge in [0, 0.05) is 13.8 Å². The second kappa shape index (κ2) is 3.75. The minimum Gasteiger partial charge on any atom is -0.406 e. The summed E-state index contributed by atoms with van der Waals surface area (Å²) in [5.41, 5.74) is 0.246. The van der Waals surface area contributed by atoms with E-state index in [1.807, 2.05) is 0 Å². The van der Waals surface area contributed by atoms with Gasteiger partial charge in [0.05, 0.1) is 12.4 Å². The van der Waals surface area contributed by atoms with Crippen LogP contribution in [0.2, 0.25) is 0 Å². The van der Waals surface area contributed by atoms with Crippen molar-refractivity contribution in [2.24, 2.45) is 0 Å². The Balaban J connectivity index is 2.81. The highest BCUT2D eigenvalue weighted by atomic mass is 16.5. The van der Waals surface area contributed by atoms with Crippen molar-refractivity contribution in [2.45, 2.75) is 13.8 Å². The molecule has 1 aromatic heterocycles. The van der Waals surface area contributed by atoms with Crippen molar-refractivity contribution < 1.29 is 14.3 Å². The second-order valence-corrected chi connectivity index (χ2v) is 2.39. The zero-order valence-corrected chi connectivity index (χ0v) is 7.27. The number of hydrogen-bond acceptors (Lipinski definition) is 5. The van der Waals surface area contributed by atoms with Crippen molar-refractivity contribution in [3.05, 3.63) is 18.1 Å². The fraction of sp³-hybridized carbons (Fsp3) is 0.250. The summed E-state index contributed by atoms with van der Waals surface area (Å²) < 4.78 is 4.63. The third kappa shape index (κ3) is 2.62. The van der Waals surface area contributed by atoms with E-state index in [4.69, 9.17) is 0 Å². The van der Waals surface area contributed by atoms with Gasteiger partial charge in [0.15, 0.2) is 5.78 Å². The van der Waals surface area contributed by atoms with Gasteiger partial charge in [0.25, 0.3) is 0 Å². The Labute approximate surface area is 74.8 Å². The van der Waals surface area contributed by atoms with Gasteiger partial charge in [0.1, 0.15) is 5.69 Å². The number of nitrogens with zero attached hydrogens (tertiary/aromatic N) is 2. The Morgan fingerprint density at radius 3 is 2.31 bits per heavy atom. The normalized spacial score (nSPS) is 9.38. The Morgan fingerprint density at radius 2 is 1.92 bits per heavy atom. The number of ether oxygens (including phenoxy) is 1. The molecule has 5 nitrogen and oxygen atoms in total. The number of aromatic nitrogens is 2. The van der Waals surface area contributed by atoms with Crippen LogP contribution >= 0.6 is 0 Å². The maximum atomic E-state index is 10.8. The highest BCUT2D eigenvalue weighted by molar-refractivity contribution is 5.91. The van der Waals surface area contributed by atoms with Gasteiger partial charge in [-0.05, 0) is 0 Å². The lowest BCUT2D eigenvalue weighted by atomic mass is 10.3. The number of ketones is 1. The standard InChI is InChI=1S/C8H8N2O3/c1-5(11)7-3-10-8(4-9-7)13-6(2)12/h3-4H,1-2H3. The van der Waals surface area contributed by atoms with Gasteiger partial charge in [-0.25, -0.2) is 9.97 Å². The Morgan fingerprint density at radius 1 is 1.23 bits per heavy atom. The van der Waals surface area contributed by atoms with E-state index >= 15 is 0 Å². The van der Waals surface area contributed by atoms with E-state index in [-0.39, 0.29) is 17.4 Å². The molecule has 0 aliphatic heterocycles. The van der Waals surface area contributed by atoms with Crippen molar-refractivity contribution >= 4 is 11.8 Å². The maximum absolute atomic E-state index is 10.8.